The van der Waals surface area contributed by atoms with Gasteiger partial charge in [-0.15, -0.1) is 0 Å². The van der Waals surface area contributed by atoms with E-state index in [1.54, 1.807) is 24.3 Å². The maximum atomic E-state index is 12.1. The van der Waals surface area contributed by atoms with Gasteiger partial charge in [-0.2, -0.15) is 0 Å². The van der Waals surface area contributed by atoms with E-state index in [2.05, 4.69) is 5.32 Å². The molecule has 0 spiro atoms. The molecule has 0 bridgehead atoms. The Morgan fingerprint density at radius 2 is 1.75 bits per heavy atom. The van der Waals surface area contributed by atoms with Crippen LogP contribution in [0.25, 0.3) is 0 Å². The molecule has 0 heterocycles. The second-order valence-corrected chi connectivity index (χ2v) is 5.84. The highest BCUT2D eigenvalue weighted by atomic mass is 16.5. The Morgan fingerprint density at radius 3 is 2.38 bits per heavy atom. The van der Waals surface area contributed by atoms with Crippen molar-refractivity contribution in [3.8, 4) is 5.75 Å². The third-order valence-corrected chi connectivity index (χ3v) is 3.52. The van der Waals surface area contributed by atoms with Crippen LogP contribution in [-0.2, 0) is 16.0 Å². The van der Waals surface area contributed by atoms with Gasteiger partial charge in [0.05, 0.1) is 6.42 Å². The number of anilines is 1. The van der Waals surface area contributed by atoms with Gasteiger partial charge < -0.3 is 15.2 Å². The number of aryl methyl sites for hydroxylation is 3. The first-order valence-electron chi connectivity index (χ1n) is 7.66. The summed E-state index contributed by atoms with van der Waals surface area (Å²) in [6, 6.07) is 10.8. The van der Waals surface area contributed by atoms with E-state index in [0.29, 0.717) is 11.3 Å². The molecule has 2 aromatic rings. The average molecular weight is 327 g/mol. The molecule has 0 aliphatic heterocycles. The molecule has 0 saturated heterocycles. The number of carbonyl (C=O) groups excluding carboxylic acids is 1. The van der Waals surface area contributed by atoms with Crippen molar-refractivity contribution in [3.63, 3.8) is 0 Å². The zero-order chi connectivity index (χ0) is 17.7. The second kappa shape index (κ2) is 7.64. The van der Waals surface area contributed by atoms with Crippen molar-refractivity contribution in [3.05, 3.63) is 58.7 Å². The first-order chi connectivity index (χ1) is 11.3. The first-order valence-corrected chi connectivity index (χ1v) is 7.66. The SMILES string of the molecule is Cc1cc(C)c(OCC(=O)Nc2cccc(CC(=O)O)c2)c(C)c1. The third-order valence-electron chi connectivity index (χ3n) is 3.52. The molecule has 0 radical (unpaired) electrons. The van der Waals surface area contributed by atoms with Crippen molar-refractivity contribution >= 4 is 17.6 Å². The minimum atomic E-state index is -0.910. The molecule has 2 rings (SSSR count). The van der Waals surface area contributed by atoms with E-state index in [4.69, 9.17) is 9.84 Å². The van der Waals surface area contributed by atoms with Crippen molar-refractivity contribution in [2.24, 2.45) is 0 Å². The normalized spacial score (nSPS) is 10.3. The lowest BCUT2D eigenvalue weighted by atomic mass is 10.1. The van der Waals surface area contributed by atoms with Gasteiger partial charge in [-0.05, 0) is 49.6 Å². The van der Waals surface area contributed by atoms with Crippen molar-refractivity contribution in [1.29, 1.82) is 0 Å². The summed E-state index contributed by atoms with van der Waals surface area (Å²) >= 11 is 0. The molecule has 2 N–H and O–H groups in total. The van der Waals surface area contributed by atoms with E-state index in [9.17, 15) is 9.59 Å². The summed E-state index contributed by atoms with van der Waals surface area (Å²) in [7, 11) is 0. The van der Waals surface area contributed by atoms with Gasteiger partial charge in [0.1, 0.15) is 5.75 Å². The van der Waals surface area contributed by atoms with Crippen molar-refractivity contribution in [2.75, 3.05) is 11.9 Å². The van der Waals surface area contributed by atoms with Crippen LogP contribution in [0.4, 0.5) is 5.69 Å². The second-order valence-electron chi connectivity index (χ2n) is 5.84. The molecule has 0 aliphatic carbocycles. The van der Waals surface area contributed by atoms with Gasteiger partial charge in [0.25, 0.3) is 5.91 Å². The summed E-state index contributed by atoms with van der Waals surface area (Å²) in [4.78, 5) is 22.8. The Hall–Kier alpha value is -2.82. The molecule has 0 aliphatic rings. The number of amides is 1. The Kier molecular flexibility index (Phi) is 5.58. The Bertz CT molecular complexity index is 745. The van der Waals surface area contributed by atoms with E-state index in [1.807, 2.05) is 32.9 Å². The van der Waals surface area contributed by atoms with Crippen LogP contribution in [0, 0.1) is 20.8 Å². The van der Waals surface area contributed by atoms with E-state index in [1.165, 1.54) is 0 Å². The quantitative estimate of drug-likeness (QED) is 0.854. The molecule has 2 aromatic carbocycles. The summed E-state index contributed by atoms with van der Waals surface area (Å²) in [5.74, 6) is -0.482. The minimum Gasteiger partial charge on any atom is -0.483 e. The molecule has 5 heteroatoms. The molecule has 5 nitrogen and oxygen atoms in total. The predicted octanol–water partition coefficient (Wildman–Crippen LogP) is 3.26. The van der Waals surface area contributed by atoms with Crippen LogP contribution in [0.3, 0.4) is 0 Å². The summed E-state index contributed by atoms with van der Waals surface area (Å²) in [6.45, 7) is 5.81. The van der Waals surface area contributed by atoms with Crippen LogP contribution < -0.4 is 10.1 Å². The minimum absolute atomic E-state index is 0.0814. The van der Waals surface area contributed by atoms with Crippen LogP contribution >= 0.6 is 0 Å². The standard InChI is InChI=1S/C19H21NO4/c1-12-7-13(2)19(14(3)8-12)24-11-17(21)20-16-6-4-5-15(9-16)10-18(22)23/h4-9H,10-11H2,1-3H3,(H,20,21)(H,22,23). The van der Waals surface area contributed by atoms with Gasteiger partial charge in [0.2, 0.25) is 0 Å². The summed E-state index contributed by atoms with van der Waals surface area (Å²) in [5.41, 5.74) is 4.32. The summed E-state index contributed by atoms with van der Waals surface area (Å²) in [5, 5.41) is 11.5. The fourth-order valence-electron chi connectivity index (χ4n) is 2.66. The number of hydrogen-bond acceptors (Lipinski definition) is 3. The maximum absolute atomic E-state index is 12.1. The van der Waals surface area contributed by atoms with Crippen molar-refractivity contribution < 1.29 is 19.4 Å². The zero-order valence-electron chi connectivity index (χ0n) is 14.1. The Balaban J connectivity index is 1.98. The molecular weight excluding hydrogens is 306 g/mol. The van der Waals surface area contributed by atoms with E-state index >= 15 is 0 Å². The number of carboxylic acid groups (broad SMARTS) is 1. The highest BCUT2D eigenvalue weighted by molar-refractivity contribution is 5.92. The van der Waals surface area contributed by atoms with Gasteiger partial charge in [-0.25, -0.2) is 0 Å². The highest BCUT2D eigenvalue weighted by Gasteiger charge is 2.09. The highest BCUT2D eigenvalue weighted by Crippen LogP contribution is 2.24. The number of nitrogens with one attached hydrogen (secondary N) is 1. The maximum Gasteiger partial charge on any atom is 0.307 e. The average Bonchev–Trinajstić information content (AvgIpc) is 2.45. The molecular formula is C19H21NO4. The monoisotopic (exact) mass is 327 g/mol. The number of rotatable bonds is 6. The van der Waals surface area contributed by atoms with E-state index in [-0.39, 0.29) is 18.9 Å². The molecule has 0 fully saturated rings. The van der Waals surface area contributed by atoms with Gasteiger partial charge >= 0.3 is 5.97 Å². The van der Waals surface area contributed by atoms with Gasteiger partial charge in [0, 0.05) is 5.69 Å². The predicted molar refractivity (Wildman–Crippen MR) is 92.6 cm³/mol. The third kappa shape index (κ3) is 4.84. The molecule has 0 atom stereocenters. The molecule has 0 aromatic heterocycles. The molecule has 24 heavy (non-hydrogen) atoms. The number of carbonyl (C=O) groups is 2. The Morgan fingerprint density at radius 1 is 1.08 bits per heavy atom. The lowest BCUT2D eigenvalue weighted by Gasteiger charge is -2.13. The van der Waals surface area contributed by atoms with Crippen LogP contribution in [0.15, 0.2) is 36.4 Å². The lowest BCUT2D eigenvalue weighted by Crippen LogP contribution is -2.20. The van der Waals surface area contributed by atoms with Crippen LogP contribution in [0.5, 0.6) is 5.75 Å². The first kappa shape index (κ1) is 17.5. The number of hydrogen-bond donors (Lipinski definition) is 2. The van der Waals surface area contributed by atoms with E-state index in [0.717, 1.165) is 22.4 Å². The lowest BCUT2D eigenvalue weighted by molar-refractivity contribution is -0.136. The number of carboxylic acids is 1. The zero-order valence-corrected chi connectivity index (χ0v) is 14.1. The fraction of sp³-hybridized carbons (Fsp3) is 0.263. The molecule has 0 saturated carbocycles. The molecule has 1 amide bonds. The number of ether oxygens (including phenoxy) is 1. The van der Waals surface area contributed by atoms with Crippen LogP contribution in [-0.4, -0.2) is 23.6 Å². The largest absolute Gasteiger partial charge is 0.483 e. The van der Waals surface area contributed by atoms with Crippen LogP contribution in [0.1, 0.15) is 22.3 Å². The Labute approximate surface area is 141 Å². The van der Waals surface area contributed by atoms with Crippen molar-refractivity contribution in [2.45, 2.75) is 27.2 Å². The molecule has 126 valence electrons. The van der Waals surface area contributed by atoms with Gasteiger partial charge in [-0.1, -0.05) is 29.8 Å². The summed E-state index contributed by atoms with van der Waals surface area (Å²) < 4.78 is 5.65. The number of benzene rings is 2. The van der Waals surface area contributed by atoms with Crippen LogP contribution in [0.2, 0.25) is 0 Å². The smallest absolute Gasteiger partial charge is 0.307 e. The van der Waals surface area contributed by atoms with E-state index < -0.39 is 5.97 Å². The van der Waals surface area contributed by atoms with Crippen molar-refractivity contribution in [1.82, 2.24) is 0 Å². The number of aliphatic carboxylic acids is 1. The fourth-order valence-corrected chi connectivity index (χ4v) is 2.66. The topological polar surface area (TPSA) is 75.6 Å². The molecule has 0 unspecified atom stereocenters. The van der Waals surface area contributed by atoms with Gasteiger partial charge in [0.15, 0.2) is 6.61 Å². The summed E-state index contributed by atoms with van der Waals surface area (Å²) in [6.07, 6.45) is -0.0814. The van der Waals surface area contributed by atoms with Gasteiger partial charge in [-0.3, -0.25) is 9.59 Å².